The van der Waals surface area contributed by atoms with Crippen molar-refractivity contribution in [2.24, 2.45) is 0 Å². The van der Waals surface area contributed by atoms with Crippen molar-refractivity contribution < 1.29 is 8.42 Å². The van der Waals surface area contributed by atoms with Crippen LogP contribution in [-0.2, 0) is 10.0 Å². The fourth-order valence-corrected chi connectivity index (χ4v) is 5.15. The van der Waals surface area contributed by atoms with Gasteiger partial charge in [-0.2, -0.15) is 8.99 Å². The topological polar surface area (TPSA) is 150 Å². The summed E-state index contributed by atoms with van der Waals surface area (Å²) in [4.78, 5) is 30.0. The van der Waals surface area contributed by atoms with Gasteiger partial charge in [-0.1, -0.05) is 23.3 Å². The van der Waals surface area contributed by atoms with Gasteiger partial charge < -0.3 is 9.88 Å². The lowest BCUT2D eigenvalue weighted by atomic mass is 10.2. The SMILES string of the molecule is O=c1[nH]c(=O)c2cc(S(=O)(=O)N3CCN(c4nnnn4-c4ccccc4)CC3)ccc2[nH]1. The zero-order valence-electron chi connectivity index (χ0n) is 16.7. The largest absolute Gasteiger partial charge is 0.337 e. The van der Waals surface area contributed by atoms with E-state index in [-0.39, 0.29) is 28.9 Å². The van der Waals surface area contributed by atoms with E-state index < -0.39 is 21.3 Å². The Bertz CT molecular complexity index is 1500. The van der Waals surface area contributed by atoms with Gasteiger partial charge in [0, 0.05) is 26.2 Å². The van der Waals surface area contributed by atoms with E-state index in [1.807, 2.05) is 35.2 Å². The molecule has 0 amide bonds. The highest BCUT2D eigenvalue weighted by Crippen LogP contribution is 2.22. The highest BCUT2D eigenvalue weighted by atomic mass is 32.2. The maximum absolute atomic E-state index is 13.2. The number of H-pyrrole nitrogens is 2. The fraction of sp³-hybridized carbons (Fsp3) is 0.211. The summed E-state index contributed by atoms with van der Waals surface area (Å²) in [5.41, 5.74) is -0.206. The van der Waals surface area contributed by atoms with E-state index in [4.69, 9.17) is 0 Å². The summed E-state index contributed by atoms with van der Waals surface area (Å²) in [6, 6.07) is 13.5. The maximum Gasteiger partial charge on any atom is 0.326 e. The summed E-state index contributed by atoms with van der Waals surface area (Å²) in [5.74, 6) is 0.537. The van der Waals surface area contributed by atoms with Crippen LogP contribution in [0, 0.1) is 0 Å². The molecule has 2 aromatic carbocycles. The lowest BCUT2D eigenvalue weighted by molar-refractivity contribution is 0.381. The van der Waals surface area contributed by atoms with Crippen molar-refractivity contribution in [2.75, 3.05) is 31.1 Å². The molecule has 5 rings (SSSR count). The van der Waals surface area contributed by atoms with Gasteiger partial charge in [0.15, 0.2) is 0 Å². The van der Waals surface area contributed by atoms with Crippen LogP contribution in [0.25, 0.3) is 16.6 Å². The summed E-state index contributed by atoms with van der Waals surface area (Å²) < 4.78 is 29.3. The van der Waals surface area contributed by atoms with Crippen LogP contribution in [-0.4, -0.2) is 69.1 Å². The second kappa shape index (κ2) is 7.69. The molecule has 0 aliphatic carbocycles. The molecule has 3 heterocycles. The molecule has 13 heteroatoms. The van der Waals surface area contributed by atoms with Crippen molar-refractivity contribution in [3.63, 3.8) is 0 Å². The van der Waals surface area contributed by atoms with Crippen LogP contribution in [0.15, 0.2) is 63.0 Å². The minimum absolute atomic E-state index is 0.00915. The molecule has 1 aliphatic heterocycles. The van der Waals surface area contributed by atoms with Gasteiger partial charge in [0.25, 0.3) is 5.56 Å². The molecular formula is C19H18N8O4S. The van der Waals surface area contributed by atoms with Gasteiger partial charge in [-0.05, 0) is 40.8 Å². The Kier molecular flexibility index (Phi) is 4.83. The standard InChI is InChI=1S/C19H18N8O4S/c28-17-15-12-14(6-7-16(15)20-18(29)21-17)32(30,31)26-10-8-25(9-11-26)19-22-23-24-27(19)13-4-2-1-3-5-13/h1-7,12H,8-11H2,(H2,20,21,28,29). The number of rotatable bonds is 4. The van der Waals surface area contributed by atoms with Gasteiger partial charge in [-0.25, -0.2) is 13.2 Å². The Labute approximate surface area is 181 Å². The highest BCUT2D eigenvalue weighted by molar-refractivity contribution is 7.89. The highest BCUT2D eigenvalue weighted by Gasteiger charge is 2.30. The lowest BCUT2D eigenvalue weighted by Gasteiger charge is -2.34. The Hall–Kier alpha value is -3.84. The molecule has 2 aromatic heterocycles. The van der Waals surface area contributed by atoms with Crippen molar-refractivity contribution in [2.45, 2.75) is 4.90 Å². The first-order valence-corrected chi connectivity index (χ1v) is 11.2. The predicted octanol–water partition coefficient (Wildman–Crippen LogP) is -0.297. The Balaban J connectivity index is 1.38. The predicted molar refractivity (Wildman–Crippen MR) is 115 cm³/mol. The molecule has 0 spiro atoms. The molecule has 32 heavy (non-hydrogen) atoms. The fourth-order valence-electron chi connectivity index (χ4n) is 3.70. The van der Waals surface area contributed by atoms with Crippen LogP contribution in [0.4, 0.5) is 5.95 Å². The van der Waals surface area contributed by atoms with Gasteiger partial charge in [0.2, 0.25) is 16.0 Å². The van der Waals surface area contributed by atoms with Crippen LogP contribution in [0.2, 0.25) is 0 Å². The molecule has 0 atom stereocenters. The summed E-state index contributed by atoms with van der Waals surface area (Å²) in [6.45, 7) is 1.25. The summed E-state index contributed by atoms with van der Waals surface area (Å²) >= 11 is 0. The Morgan fingerprint density at radius 3 is 2.41 bits per heavy atom. The molecule has 1 saturated heterocycles. The first kappa shape index (κ1) is 20.1. The lowest BCUT2D eigenvalue weighted by Crippen LogP contribution is -2.49. The number of sulfonamides is 1. The average molecular weight is 454 g/mol. The summed E-state index contributed by atoms with van der Waals surface area (Å²) in [6.07, 6.45) is 0. The second-order valence-corrected chi connectivity index (χ2v) is 9.17. The van der Waals surface area contributed by atoms with E-state index in [0.717, 1.165) is 5.69 Å². The minimum atomic E-state index is -3.83. The molecule has 4 aromatic rings. The number of nitrogens with one attached hydrogen (secondary N) is 2. The minimum Gasteiger partial charge on any atom is -0.337 e. The van der Waals surface area contributed by atoms with E-state index in [1.165, 1.54) is 22.5 Å². The maximum atomic E-state index is 13.2. The van der Waals surface area contributed by atoms with Gasteiger partial charge >= 0.3 is 5.69 Å². The van der Waals surface area contributed by atoms with Crippen molar-refractivity contribution in [3.8, 4) is 5.69 Å². The molecule has 1 aliphatic rings. The zero-order chi connectivity index (χ0) is 22.3. The molecule has 2 N–H and O–H groups in total. The number of fused-ring (bicyclic) bond motifs is 1. The number of para-hydroxylation sites is 1. The number of hydrogen-bond donors (Lipinski definition) is 2. The van der Waals surface area contributed by atoms with Gasteiger partial charge in [0.1, 0.15) is 0 Å². The smallest absolute Gasteiger partial charge is 0.326 e. The number of piperazine rings is 1. The molecule has 0 saturated carbocycles. The van der Waals surface area contributed by atoms with Crippen molar-refractivity contribution in [1.82, 2.24) is 34.5 Å². The number of aromatic nitrogens is 6. The van der Waals surface area contributed by atoms with Gasteiger partial charge in [-0.15, -0.1) is 0 Å². The van der Waals surface area contributed by atoms with Crippen LogP contribution >= 0.6 is 0 Å². The monoisotopic (exact) mass is 454 g/mol. The average Bonchev–Trinajstić information content (AvgIpc) is 3.29. The first-order chi connectivity index (χ1) is 15.4. The third kappa shape index (κ3) is 3.46. The number of aromatic amines is 2. The molecule has 0 unspecified atom stereocenters. The van der Waals surface area contributed by atoms with Crippen LogP contribution in [0.5, 0.6) is 0 Å². The molecule has 164 valence electrons. The van der Waals surface area contributed by atoms with E-state index in [0.29, 0.717) is 19.0 Å². The number of hydrogen-bond acceptors (Lipinski definition) is 8. The molecule has 0 radical (unpaired) electrons. The van der Waals surface area contributed by atoms with E-state index in [1.54, 1.807) is 4.68 Å². The van der Waals surface area contributed by atoms with E-state index in [9.17, 15) is 18.0 Å². The number of benzene rings is 2. The quantitative estimate of drug-likeness (QED) is 0.427. The van der Waals surface area contributed by atoms with Crippen molar-refractivity contribution in [3.05, 3.63) is 69.4 Å². The van der Waals surface area contributed by atoms with Crippen molar-refractivity contribution in [1.29, 1.82) is 0 Å². The molecular weight excluding hydrogens is 436 g/mol. The number of nitrogens with zero attached hydrogens (tertiary/aromatic N) is 6. The van der Waals surface area contributed by atoms with Gasteiger partial charge in [0.05, 0.1) is 21.5 Å². The van der Waals surface area contributed by atoms with E-state index >= 15 is 0 Å². The second-order valence-electron chi connectivity index (χ2n) is 7.23. The summed E-state index contributed by atoms with van der Waals surface area (Å²) in [7, 11) is -3.83. The van der Waals surface area contributed by atoms with Crippen LogP contribution in [0.1, 0.15) is 0 Å². The third-order valence-electron chi connectivity index (χ3n) is 5.32. The number of anilines is 1. The molecule has 12 nitrogen and oxygen atoms in total. The third-order valence-corrected chi connectivity index (χ3v) is 7.22. The van der Waals surface area contributed by atoms with Crippen molar-refractivity contribution >= 4 is 26.9 Å². The first-order valence-electron chi connectivity index (χ1n) is 9.79. The van der Waals surface area contributed by atoms with Crippen LogP contribution < -0.4 is 16.1 Å². The Morgan fingerprint density at radius 1 is 0.906 bits per heavy atom. The van der Waals surface area contributed by atoms with Gasteiger partial charge in [-0.3, -0.25) is 9.78 Å². The molecule has 0 bridgehead atoms. The normalized spacial score (nSPS) is 15.3. The van der Waals surface area contributed by atoms with Crippen LogP contribution in [0.3, 0.4) is 0 Å². The Morgan fingerprint density at radius 2 is 1.66 bits per heavy atom. The zero-order valence-corrected chi connectivity index (χ0v) is 17.5. The molecule has 1 fully saturated rings. The summed E-state index contributed by atoms with van der Waals surface area (Å²) in [5, 5.41) is 12.0. The van der Waals surface area contributed by atoms with E-state index in [2.05, 4.69) is 25.5 Å². The number of tetrazole rings is 1.